The van der Waals surface area contributed by atoms with Crippen molar-refractivity contribution in [1.82, 2.24) is 5.43 Å². The predicted octanol–water partition coefficient (Wildman–Crippen LogP) is 3.42. The number of rotatable bonds is 7. The van der Waals surface area contributed by atoms with Crippen LogP contribution in [0.25, 0.3) is 0 Å². The van der Waals surface area contributed by atoms with Crippen LogP contribution in [-0.2, 0) is 4.79 Å². The van der Waals surface area contributed by atoms with E-state index in [1.165, 1.54) is 6.21 Å². The Hall–Kier alpha value is -2.54. The van der Waals surface area contributed by atoms with Crippen LogP contribution >= 0.6 is 15.9 Å². The van der Waals surface area contributed by atoms with Gasteiger partial charge in [-0.3, -0.25) is 4.79 Å². The minimum atomic E-state index is -0.262. The van der Waals surface area contributed by atoms with Gasteiger partial charge < -0.3 is 15.2 Å². The molecule has 0 bridgehead atoms. The number of hydrogen-bond donors (Lipinski definition) is 3. The van der Waals surface area contributed by atoms with E-state index in [2.05, 4.69) is 31.8 Å². The zero-order chi connectivity index (χ0) is 18.2. The van der Waals surface area contributed by atoms with E-state index in [4.69, 9.17) is 4.74 Å². The molecule has 7 heteroatoms. The Morgan fingerprint density at radius 2 is 2.12 bits per heavy atom. The standard InChI is InChI=1S/C18H20BrN3O3/c1-3-25-16-9-13(8-14(19)18(16)24)10-21-22-17(23)11-20-15-7-5-4-6-12(15)2/h4-10,20,24H,3,11H2,1-2H3,(H,22,23). The van der Waals surface area contributed by atoms with Gasteiger partial charge >= 0.3 is 0 Å². The van der Waals surface area contributed by atoms with Gasteiger partial charge in [-0.15, -0.1) is 0 Å². The Morgan fingerprint density at radius 1 is 1.36 bits per heavy atom. The molecule has 0 aromatic heterocycles. The number of para-hydroxylation sites is 1. The Kier molecular flexibility index (Phi) is 6.82. The van der Waals surface area contributed by atoms with E-state index in [0.29, 0.717) is 22.4 Å². The number of ether oxygens (including phenoxy) is 1. The van der Waals surface area contributed by atoms with Crippen LogP contribution in [0.15, 0.2) is 46.0 Å². The second-order valence-electron chi connectivity index (χ2n) is 5.24. The summed E-state index contributed by atoms with van der Waals surface area (Å²) in [5, 5.41) is 16.9. The third-order valence-corrected chi connectivity index (χ3v) is 3.94. The number of anilines is 1. The quantitative estimate of drug-likeness (QED) is 0.486. The first-order valence-corrected chi connectivity index (χ1v) is 8.57. The summed E-state index contributed by atoms with van der Waals surface area (Å²) >= 11 is 3.26. The summed E-state index contributed by atoms with van der Waals surface area (Å²) in [4.78, 5) is 11.8. The van der Waals surface area contributed by atoms with Crippen molar-refractivity contribution < 1.29 is 14.6 Å². The lowest BCUT2D eigenvalue weighted by Gasteiger charge is -2.09. The molecule has 0 aliphatic heterocycles. The molecule has 0 fully saturated rings. The van der Waals surface area contributed by atoms with Crippen molar-refractivity contribution in [3.63, 3.8) is 0 Å². The number of carbonyl (C=O) groups excluding carboxylic acids is 1. The van der Waals surface area contributed by atoms with Crippen LogP contribution in [0, 0.1) is 6.92 Å². The van der Waals surface area contributed by atoms with E-state index < -0.39 is 0 Å². The number of amides is 1. The van der Waals surface area contributed by atoms with Crippen molar-refractivity contribution in [2.24, 2.45) is 5.10 Å². The summed E-state index contributed by atoms with van der Waals surface area (Å²) in [6.07, 6.45) is 1.48. The van der Waals surface area contributed by atoms with Crippen LogP contribution in [0.1, 0.15) is 18.1 Å². The molecule has 0 unspecified atom stereocenters. The summed E-state index contributed by atoms with van der Waals surface area (Å²) in [5.74, 6) is 0.124. The highest BCUT2D eigenvalue weighted by Gasteiger charge is 2.08. The molecule has 0 heterocycles. The number of carbonyl (C=O) groups is 1. The Morgan fingerprint density at radius 3 is 2.84 bits per heavy atom. The van der Waals surface area contributed by atoms with Gasteiger partial charge in [-0.1, -0.05) is 18.2 Å². The number of halogens is 1. The largest absolute Gasteiger partial charge is 0.503 e. The molecule has 6 nitrogen and oxygen atoms in total. The third-order valence-electron chi connectivity index (χ3n) is 3.34. The van der Waals surface area contributed by atoms with Crippen molar-refractivity contribution in [3.8, 4) is 11.5 Å². The van der Waals surface area contributed by atoms with Gasteiger partial charge in [-0.2, -0.15) is 5.10 Å². The molecule has 1 amide bonds. The van der Waals surface area contributed by atoms with E-state index in [-0.39, 0.29) is 18.2 Å². The predicted molar refractivity (Wildman–Crippen MR) is 102 cm³/mol. The molecule has 0 atom stereocenters. The summed E-state index contributed by atoms with van der Waals surface area (Å²) in [7, 11) is 0. The first-order valence-electron chi connectivity index (χ1n) is 7.78. The second kappa shape index (κ2) is 9.08. The number of nitrogens with one attached hydrogen (secondary N) is 2. The minimum absolute atomic E-state index is 0.0328. The Bertz CT molecular complexity index is 778. The van der Waals surface area contributed by atoms with E-state index in [0.717, 1.165) is 11.3 Å². The summed E-state index contributed by atoms with van der Waals surface area (Å²) in [6, 6.07) is 11.1. The van der Waals surface area contributed by atoms with Crippen molar-refractivity contribution in [2.45, 2.75) is 13.8 Å². The van der Waals surface area contributed by atoms with Crippen molar-refractivity contribution in [3.05, 3.63) is 52.0 Å². The fourth-order valence-corrected chi connectivity index (χ4v) is 2.56. The Balaban J connectivity index is 1.92. The topological polar surface area (TPSA) is 83.0 Å². The maximum Gasteiger partial charge on any atom is 0.259 e. The zero-order valence-corrected chi connectivity index (χ0v) is 15.6. The fourth-order valence-electron chi connectivity index (χ4n) is 2.10. The molecule has 2 rings (SSSR count). The second-order valence-corrected chi connectivity index (χ2v) is 6.10. The minimum Gasteiger partial charge on any atom is -0.503 e. The van der Waals surface area contributed by atoms with Gasteiger partial charge in [0.25, 0.3) is 5.91 Å². The van der Waals surface area contributed by atoms with E-state index in [9.17, 15) is 9.90 Å². The van der Waals surface area contributed by atoms with Gasteiger partial charge in [-0.05, 0) is 59.1 Å². The van der Waals surface area contributed by atoms with Crippen molar-refractivity contribution in [1.29, 1.82) is 0 Å². The lowest BCUT2D eigenvalue weighted by atomic mass is 10.2. The normalized spacial score (nSPS) is 10.7. The fraction of sp³-hybridized carbons (Fsp3) is 0.222. The van der Waals surface area contributed by atoms with E-state index in [1.807, 2.05) is 38.1 Å². The molecule has 3 N–H and O–H groups in total. The monoisotopic (exact) mass is 405 g/mol. The van der Waals surface area contributed by atoms with Crippen LogP contribution in [-0.4, -0.2) is 30.4 Å². The zero-order valence-electron chi connectivity index (χ0n) is 14.0. The number of nitrogens with zero attached hydrogens (tertiary/aromatic N) is 1. The average Bonchev–Trinajstić information content (AvgIpc) is 2.58. The molecule has 132 valence electrons. The summed E-state index contributed by atoms with van der Waals surface area (Å²) < 4.78 is 5.84. The summed E-state index contributed by atoms with van der Waals surface area (Å²) in [5.41, 5.74) is 5.11. The Labute approximate surface area is 155 Å². The smallest absolute Gasteiger partial charge is 0.259 e. The molecular weight excluding hydrogens is 386 g/mol. The molecule has 2 aromatic carbocycles. The number of benzene rings is 2. The number of hydrogen-bond acceptors (Lipinski definition) is 5. The van der Waals surface area contributed by atoms with Crippen LogP contribution in [0.3, 0.4) is 0 Å². The first-order chi connectivity index (χ1) is 12.0. The molecule has 25 heavy (non-hydrogen) atoms. The van der Waals surface area contributed by atoms with Crippen molar-refractivity contribution >= 4 is 33.7 Å². The number of phenolic OH excluding ortho intramolecular Hbond substituents is 1. The highest BCUT2D eigenvalue weighted by atomic mass is 79.9. The molecule has 0 aliphatic carbocycles. The highest BCUT2D eigenvalue weighted by molar-refractivity contribution is 9.10. The number of hydrazone groups is 1. The lowest BCUT2D eigenvalue weighted by Crippen LogP contribution is -2.26. The van der Waals surface area contributed by atoms with Crippen molar-refractivity contribution in [2.75, 3.05) is 18.5 Å². The van der Waals surface area contributed by atoms with Gasteiger partial charge in [0, 0.05) is 5.69 Å². The SMILES string of the molecule is CCOc1cc(C=NNC(=O)CNc2ccccc2C)cc(Br)c1O. The number of phenols is 1. The van der Waals surface area contributed by atoms with Crippen LogP contribution in [0.2, 0.25) is 0 Å². The molecule has 0 saturated carbocycles. The summed E-state index contributed by atoms with van der Waals surface area (Å²) in [6.45, 7) is 4.35. The van der Waals surface area contributed by atoms with E-state index >= 15 is 0 Å². The highest BCUT2D eigenvalue weighted by Crippen LogP contribution is 2.34. The third kappa shape index (κ3) is 5.49. The van der Waals surface area contributed by atoms with Gasteiger partial charge in [-0.25, -0.2) is 5.43 Å². The molecule has 0 radical (unpaired) electrons. The maximum absolute atomic E-state index is 11.8. The lowest BCUT2D eigenvalue weighted by molar-refractivity contribution is -0.119. The maximum atomic E-state index is 11.8. The van der Waals surface area contributed by atoms with Crippen LogP contribution < -0.4 is 15.5 Å². The number of aryl methyl sites for hydroxylation is 1. The molecule has 0 spiro atoms. The molecular formula is C18H20BrN3O3. The molecule has 0 aliphatic rings. The van der Waals surface area contributed by atoms with Gasteiger partial charge in [0.1, 0.15) is 0 Å². The average molecular weight is 406 g/mol. The molecule has 0 saturated heterocycles. The van der Waals surface area contributed by atoms with Crippen LogP contribution in [0.5, 0.6) is 11.5 Å². The van der Waals surface area contributed by atoms with E-state index in [1.54, 1.807) is 12.1 Å². The molecule has 2 aromatic rings. The first kappa shape index (κ1) is 18.8. The number of aromatic hydroxyl groups is 1. The van der Waals surface area contributed by atoms with Gasteiger partial charge in [0.15, 0.2) is 11.5 Å². The van der Waals surface area contributed by atoms with Gasteiger partial charge in [0.05, 0.1) is 23.8 Å². The van der Waals surface area contributed by atoms with Gasteiger partial charge in [0.2, 0.25) is 0 Å². The van der Waals surface area contributed by atoms with Crippen LogP contribution in [0.4, 0.5) is 5.69 Å².